The van der Waals surface area contributed by atoms with Gasteiger partial charge in [-0.1, -0.05) is 0 Å². The van der Waals surface area contributed by atoms with Crippen molar-refractivity contribution in [3.05, 3.63) is 10.0 Å². The molecular weight excluding hydrogens is 222 g/mol. The van der Waals surface area contributed by atoms with Crippen LogP contribution in [0.1, 0.15) is 29.8 Å². The van der Waals surface area contributed by atoms with E-state index in [4.69, 9.17) is 4.74 Å². The highest BCUT2D eigenvalue weighted by molar-refractivity contribution is 7.11. The van der Waals surface area contributed by atoms with Crippen LogP contribution in [0.3, 0.4) is 0 Å². The Bertz CT molecular complexity index is 323. The molecule has 1 aliphatic carbocycles. The van der Waals surface area contributed by atoms with Crippen molar-refractivity contribution in [2.24, 2.45) is 5.92 Å². The molecule has 90 valence electrons. The maximum absolute atomic E-state index is 5.55. The normalized spacial score (nSPS) is 24.4. The summed E-state index contributed by atoms with van der Waals surface area (Å²) in [6.07, 6.45) is 3.95. The quantitative estimate of drug-likeness (QED) is 0.822. The minimum Gasteiger partial charge on any atom is -0.378 e. The maximum atomic E-state index is 5.55. The van der Waals surface area contributed by atoms with Crippen LogP contribution < -0.4 is 5.32 Å². The first-order valence-corrected chi connectivity index (χ1v) is 6.71. The van der Waals surface area contributed by atoms with Gasteiger partial charge in [0.2, 0.25) is 0 Å². The van der Waals surface area contributed by atoms with Crippen molar-refractivity contribution >= 4 is 11.3 Å². The van der Waals surface area contributed by atoms with Crippen molar-refractivity contribution in [2.75, 3.05) is 13.7 Å². The number of nitrogens with one attached hydrogen (secondary N) is 1. The second-order valence-corrected chi connectivity index (χ2v) is 5.39. The van der Waals surface area contributed by atoms with Crippen LogP contribution in [0.5, 0.6) is 0 Å². The molecule has 0 aliphatic heterocycles. The van der Waals surface area contributed by atoms with Crippen molar-refractivity contribution in [2.45, 2.75) is 38.8 Å². The monoisotopic (exact) mass is 241 g/mol. The van der Waals surface area contributed by atoms with Gasteiger partial charge in [-0.3, -0.25) is 0 Å². The number of ether oxygens (including phenoxy) is 1. The zero-order valence-electron chi connectivity index (χ0n) is 9.90. The SMILES string of the molecule is CCOC1CC(Cc2nnc(CNC)s2)C1. The summed E-state index contributed by atoms with van der Waals surface area (Å²) in [5.41, 5.74) is 0. The molecule has 1 heterocycles. The summed E-state index contributed by atoms with van der Waals surface area (Å²) in [5, 5.41) is 13.7. The molecule has 0 unspecified atom stereocenters. The van der Waals surface area contributed by atoms with E-state index >= 15 is 0 Å². The molecular formula is C11H19N3OS. The van der Waals surface area contributed by atoms with Crippen LogP contribution >= 0.6 is 11.3 Å². The van der Waals surface area contributed by atoms with Gasteiger partial charge in [0.25, 0.3) is 0 Å². The number of rotatable bonds is 6. The molecule has 0 saturated heterocycles. The van der Waals surface area contributed by atoms with Crippen LogP contribution in [0.15, 0.2) is 0 Å². The van der Waals surface area contributed by atoms with Crippen molar-refractivity contribution in [1.29, 1.82) is 0 Å². The van der Waals surface area contributed by atoms with Crippen molar-refractivity contribution in [1.82, 2.24) is 15.5 Å². The van der Waals surface area contributed by atoms with Gasteiger partial charge in [0.15, 0.2) is 0 Å². The van der Waals surface area contributed by atoms with Crippen LogP contribution in [0.4, 0.5) is 0 Å². The molecule has 4 nitrogen and oxygen atoms in total. The lowest BCUT2D eigenvalue weighted by molar-refractivity contribution is -0.0240. The van der Waals surface area contributed by atoms with Gasteiger partial charge in [0.1, 0.15) is 10.0 Å². The highest BCUT2D eigenvalue weighted by Gasteiger charge is 2.30. The van der Waals surface area contributed by atoms with Crippen LogP contribution in [0.25, 0.3) is 0 Å². The third kappa shape index (κ3) is 2.99. The Morgan fingerprint density at radius 3 is 2.81 bits per heavy atom. The van der Waals surface area contributed by atoms with Gasteiger partial charge < -0.3 is 10.1 Å². The first-order valence-electron chi connectivity index (χ1n) is 5.89. The predicted molar refractivity (Wildman–Crippen MR) is 64.5 cm³/mol. The maximum Gasteiger partial charge on any atom is 0.131 e. The van der Waals surface area contributed by atoms with Crippen molar-refractivity contribution < 1.29 is 4.74 Å². The van der Waals surface area contributed by atoms with Gasteiger partial charge in [-0.25, -0.2) is 0 Å². The number of hydrogen-bond acceptors (Lipinski definition) is 5. The minimum absolute atomic E-state index is 0.500. The zero-order valence-corrected chi connectivity index (χ0v) is 10.7. The summed E-state index contributed by atoms with van der Waals surface area (Å²) in [6, 6.07) is 0. The minimum atomic E-state index is 0.500. The summed E-state index contributed by atoms with van der Waals surface area (Å²) < 4.78 is 5.55. The molecule has 0 atom stereocenters. The summed E-state index contributed by atoms with van der Waals surface area (Å²) >= 11 is 1.72. The Labute approximate surface area is 100 Å². The molecule has 5 heteroatoms. The summed E-state index contributed by atoms with van der Waals surface area (Å²) in [4.78, 5) is 0. The molecule has 1 aliphatic rings. The van der Waals surface area contributed by atoms with Crippen molar-refractivity contribution in [3.8, 4) is 0 Å². The topological polar surface area (TPSA) is 47.0 Å². The number of aromatic nitrogens is 2. The van der Waals surface area contributed by atoms with Crippen LogP contribution in [0, 0.1) is 5.92 Å². The average Bonchev–Trinajstić information content (AvgIpc) is 2.63. The second kappa shape index (κ2) is 5.70. The molecule has 1 fully saturated rings. The lowest BCUT2D eigenvalue weighted by atomic mass is 9.80. The zero-order chi connectivity index (χ0) is 11.4. The molecule has 1 saturated carbocycles. The number of nitrogens with zero attached hydrogens (tertiary/aromatic N) is 2. The molecule has 2 rings (SSSR count). The Morgan fingerprint density at radius 2 is 2.12 bits per heavy atom. The van der Waals surface area contributed by atoms with E-state index < -0.39 is 0 Å². The predicted octanol–water partition coefficient (Wildman–Crippen LogP) is 1.62. The average molecular weight is 241 g/mol. The molecule has 0 amide bonds. The van der Waals surface area contributed by atoms with E-state index in [0.717, 1.165) is 30.5 Å². The lowest BCUT2D eigenvalue weighted by Crippen LogP contribution is -2.32. The molecule has 1 aromatic heterocycles. The highest BCUT2D eigenvalue weighted by Crippen LogP contribution is 2.33. The highest BCUT2D eigenvalue weighted by atomic mass is 32.1. The van der Waals surface area contributed by atoms with Crippen LogP contribution in [-0.2, 0) is 17.7 Å². The summed E-state index contributed by atoms with van der Waals surface area (Å²) in [6.45, 7) is 3.72. The van der Waals surface area contributed by atoms with E-state index in [9.17, 15) is 0 Å². The van der Waals surface area contributed by atoms with E-state index in [-0.39, 0.29) is 0 Å². The van der Waals surface area contributed by atoms with Gasteiger partial charge in [0.05, 0.1) is 6.10 Å². The Morgan fingerprint density at radius 1 is 1.38 bits per heavy atom. The smallest absolute Gasteiger partial charge is 0.131 e. The molecule has 1 aromatic rings. The van der Waals surface area contributed by atoms with E-state index in [1.165, 1.54) is 17.8 Å². The van der Waals surface area contributed by atoms with Gasteiger partial charge in [-0.15, -0.1) is 21.5 Å². The molecule has 0 radical (unpaired) electrons. The summed E-state index contributed by atoms with van der Waals surface area (Å²) in [5.74, 6) is 0.756. The van der Waals surface area contributed by atoms with Crippen LogP contribution in [-0.4, -0.2) is 30.0 Å². The molecule has 16 heavy (non-hydrogen) atoms. The molecule has 0 spiro atoms. The Balaban J connectivity index is 1.73. The fraction of sp³-hybridized carbons (Fsp3) is 0.818. The molecule has 0 bridgehead atoms. The standard InChI is InChI=1S/C11H19N3OS/c1-3-15-9-4-8(5-9)6-10-13-14-11(16-10)7-12-2/h8-9,12H,3-7H2,1-2H3. The van der Waals surface area contributed by atoms with Gasteiger partial charge in [-0.05, 0) is 32.7 Å². The molecule has 1 N–H and O–H groups in total. The van der Waals surface area contributed by atoms with E-state index in [2.05, 4.69) is 22.4 Å². The summed E-state index contributed by atoms with van der Waals surface area (Å²) in [7, 11) is 1.93. The van der Waals surface area contributed by atoms with E-state index in [0.29, 0.717) is 6.10 Å². The van der Waals surface area contributed by atoms with Crippen molar-refractivity contribution in [3.63, 3.8) is 0 Å². The van der Waals surface area contributed by atoms with Gasteiger partial charge >= 0.3 is 0 Å². The van der Waals surface area contributed by atoms with Gasteiger partial charge in [0, 0.05) is 19.6 Å². The van der Waals surface area contributed by atoms with Crippen LogP contribution in [0.2, 0.25) is 0 Å². The Kier molecular flexibility index (Phi) is 4.26. The Hall–Kier alpha value is -0.520. The van der Waals surface area contributed by atoms with Gasteiger partial charge in [-0.2, -0.15) is 0 Å². The first-order chi connectivity index (χ1) is 7.81. The largest absolute Gasteiger partial charge is 0.378 e. The fourth-order valence-electron chi connectivity index (χ4n) is 2.05. The lowest BCUT2D eigenvalue weighted by Gasteiger charge is -2.34. The third-order valence-corrected chi connectivity index (χ3v) is 3.84. The second-order valence-electron chi connectivity index (χ2n) is 4.24. The first kappa shape index (κ1) is 12.0. The molecule has 0 aromatic carbocycles. The third-order valence-electron chi connectivity index (χ3n) is 2.89. The number of hydrogen-bond donors (Lipinski definition) is 1. The fourth-order valence-corrected chi connectivity index (χ4v) is 3.02. The van der Waals surface area contributed by atoms with E-state index in [1.54, 1.807) is 11.3 Å². The van der Waals surface area contributed by atoms with E-state index in [1.807, 2.05) is 7.05 Å².